The van der Waals surface area contributed by atoms with Crippen LogP contribution in [0.2, 0.25) is 0 Å². The number of carbonyl (C=O) groups is 3. The van der Waals surface area contributed by atoms with E-state index < -0.39 is 29.1 Å². The fourth-order valence-corrected chi connectivity index (χ4v) is 3.88. The second-order valence-electron chi connectivity index (χ2n) is 8.27. The van der Waals surface area contributed by atoms with Gasteiger partial charge in [-0.1, -0.05) is 30.3 Å². The summed E-state index contributed by atoms with van der Waals surface area (Å²) in [5.41, 5.74) is -0.512. The molecule has 2 amide bonds. The summed E-state index contributed by atoms with van der Waals surface area (Å²) in [5.74, 6) is -0.676. The molecule has 7 heteroatoms. The van der Waals surface area contributed by atoms with E-state index in [9.17, 15) is 14.4 Å². The van der Waals surface area contributed by atoms with Crippen molar-refractivity contribution in [2.45, 2.75) is 51.3 Å². The van der Waals surface area contributed by atoms with Gasteiger partial charge in [-0.05, 0) is 39.2 Å². The van der Waals surface area contributed by atoms with Crippen molar-refractivity contribution in [3.8, 4) is 0 Å². The molecule has 1 aromatic carbocycles. The number of esters is 1. The van der Waals surface area contributed by atoms with Gasteiger partial charge in [-0.25, -0.2) is 9.59 Å². The van der Waals surface area contributed by atoms with Crippen LogP contribution < -0.4 is 5.32 Å². The number of nitrogens with one attached hydrogen (secondary N) is 1. The SMILES string of the molecule is COC(=O)[C@@H]1C[C@@]2(CC(c3ccccc3)NC2=O)CN1C(=O)OC(C)(C)C. The molecule has 0 radical (unpaired) electrons. The van der Waals surface area contributed by atoms with Gasteiger partial charge in [0.15, 0.2) is 0 Å². The van der Waals surface area contributed by atoms with Crippen LogP contribution in [0.5, 0.6) is 0 Å². The van der Waals surface area contributed by atoms with E-state index in [1.165, 1.54) is 12.0 Å². The largest absolute Gasteiger partial charge is 0.467 e. The average molecular weight is 374 g/mol. The third-order valence-electron chi connectivity index (χ3n) is 5.12. The topological polar surface area (TPSA) is 84.9 Å². The zero-order valence-electron chi connectivity index (χ0n) is 16.2. The van der Waals surface area contributed by atoms with Crippen molar-refractivity contribution >= 4 is 18.0 Å². The van der Waals surface area contributed by atoms with Gasteiger partial charge in [0.25, 0.3) is 0 Å². The molecule has 7 nitrogen and oxygen atoms in total. The molecule has 2 saturated heterocycles. The summed E-state index contributed by atoms with van der Waals surface area (Å²) in [5, 5.41) is 3.02. The molecule has 146 valence electrons. The van der Waals surface area contributed by atoms with Crippen molar-refractivity contribution < 1.29 is 23.9 Å². The minimum Gasteiger partial charge on any atom is -0.467 e. The molecule has 1 unspecified atom stereocenters. The van der Waals surface area contributed by atoms with Crippen LogP contribution in [-0.2, 0) is 19.1 Å². The molecule has 27 heavy (non-hydrogen) atoms. The van der Waals surface area contributed by atoms with E-state index in [0.29, 0.717) is 6.42 Å². The lowest BCUT2D eigenvalue weighted by atomic mass is 9.81. The van der Waals surface area contributed by atoms with Crippen LogP contribution in [0.3, 0.4) is 0 Å². The Labute approximate surface area is 159 Å². The van der Waals surface area contributed by atoms with Crippen LogP contribution in [0.25, 0.3) is 0 Å². The second-order valence-corrected chi connectivity index (χ2v) is 8.27. The maximum absolute atomic E-state index is 12.8. The molecule has 1 N–H and O–H groups in total. The molecular formula is C20H26N2O5. The first kappa shape index (κ1) is 19.2. The number of amides is 2. The highest BCUT2D eigenvalue weighted by Crippen LogP contribution is 2.47. The van der Waals surface area contributed by atoms with E-state index in [1.54, 1.807) is 20.8 Å². The van der Waals surface area contributed by atoms with Gasteiger partial charge in [0.05, 0.1) is 18.6 Å². The highest BCUT2D eigenvalue weighted by atomic mass is 16.6. The van der Waals surface area contributed by atoms with Gasteiger partial charge < -0.3 is 14.8 Å². The minimum absolute atomic E-state index is 0.136. The van der Waals surface area contributed by atoms with Crippen molar-refractivity contribution in [3.05, 3.63) is 35.9 Å². The highest BCUT2D eigenvalue weighted by Gasteiger charge is 2.58. The molecule has 3 rings (SSSR count). The molecule has 1 spiro atoms. The number of nitrogens with zero attached hydrogens (tertiary/aromatic N) is 1. The molecule has 0 aliphatic carbocycles. The first-order valence-electron chi connectivity index (χ1n) is 9.08. The number of ether oxygens (including phenoxy) is 2. The standard InChI is InChI=1S/C20H26N2O5/c1-19(2,3)27-18(25)22-12-20(11-15(22)16(23)26-4)10-14(21-17(20)24)13-8-6-5-7-9-13/h5-9,14-15H,10-12H2,1-4H3,(H,21,24)/t14?,15-,20-/m0/s1. The molecule has 2 heterocycles. The Hall–Kier alpha value is -2.57. The Balaban J connectivity index is 1.85. The van der Waals surface area contributed by atoms with Gasteiger partial charge in [0.1, 0.15) is 11.6 Å². The lowest BCUT2D eigenvalue weighted by Gasteiger charge is -2.27. The minimum atomic E-state index is -0.829. The van der Waals surface area contributed by atoms with Gasteiger partial charge >= 0.3 is 12.1 Å². The number of carbonyl (C=O) groups excluding carboxylic acids is 3. The lowest BCUT2D eigenvalue weighted by molar-refractivity contribution is -0.145. The summed E-state index contributed by atoms with van der Waals surface area (Å²) in [6.45, 7) is 5.42. The van der Waals surface area contributed by atoms with Gasteiger partial charge in [0.2, 0.25) is 5.91 Å². The third-order valence-corrected chi connectivity index (χ3v) is 5.12. The van der Waals surface area contributed by atoms with Gasteiger partial charge in [-0.2, -0.15) is 0 Å². The molecule has 1 aromatic rings. The molecule has 0 bridgehead atoms. The van der Waals surface area contributed by atoms with Gasteiger partial charge in [0, 0.05) is 6.54 Å². The fourth-order valence-electron chi connectivity index (χ4n) is 3.88. The Morgan fingerprint density at radius 3 is 2.44 bits per heavy atom. The fraction of sp³-hybridized carbons (Fsp3) is 0.550. The number of hydrogen-bond donors (Lipinski definition) is 1. The zero-order chi connectivity index (χ0) is 19.8. The van der Waals surface area contributed by atoms with Crippen molar-refractivity contribution in [1.82, 2.24) is 10.2 Å². The van der Waals surface area contributed by atoms with Crippen LogP contribution in [0, 0.1) is 5.41 Å². The van der Waals surface area contributed by atoms with Crippen LogP contribution in [-0.4, -0.2) is 48.2 Å². The number of hydrogen-bond acceptors (Lipinski definition) is 5. The first-order valence-corrected chi connectivity index (χ1v) is 9.08. The van der Waals surface area contributed by atoms with Crippen molar-refractivity contribution in [3.63, 3.8) is 0 Å². The van der Waals surface area contributed by atoms with Crippen molar-refractivity contribution in [1.29, 1.82) is 0 Å². The number of methoxy groups -OCH3 is 1. The molecule has 0 aromatic heterocycles. The summed E-state index contributed by atoms with van der Waals surface area (Å²) in [4.78, 5) is 39.1. The maximum Gasteiger partial charge on any atom is 0.411 e. The predicted octanol–water partition coefficient (Wildman–Crippen LogP) is 2.42. The monoisotopic (exact) mass is 374 g/mol. The molecule has 2 aliphatic rings. The van der Waals surface area contributed by atoms with Crippen molar-refractivity contribution in [2.75, 3.05) is 13.7 Å². The highest BCUT2D eigenvalue weighted by molar-refractivity contribution is 5.90. The Morgan fingerprint density at radius 1 is 1.19 bits per heavy atom. The van der Waals surface area contributed by atoms with Gasteiger partial charge in [-0.3, -0.25) is 9.69 Å². The smallest absolute Gasteiger partial charge is 0.411 e. The van der Waals surface area contributed by atoms with Crippen LogP contribution >= 0.6 is 0 Å². The van der Waals surface area contributed by atoms with Crippen LogP contribution in [0.4, 0.5) is 4.79 Å². The van der Waals surface area contributed by atoms with Crippen LogP contribution in [0.1, 0.15) is 45.2 Å². The predicted molar refractivity (Wildman–Crippen MR) is 97.7 cm³/mol. The summed E-state index contributed by atoms with van der Waals surface area (Å²) < 4.78 is 10.3. The second kappa shape index (κ2) is 6.87. The Kier molecular flexibility index (Phi) is 4.88. The number of benzene rings is 1. The molecule has 2 aliphatic heterocycles. The van der Waals surface area contributed by atoms with E-state index in [4.69, 9.17) is 9.47 Å². The quantitative estimate of drug-likeness (QED) is 0.804. The van der Waals surface area contributed by atoms with Crippen molar-refractivity contribution in [2.24, 2.45) is 5.41 Å². The van der Waals surface area contributed by atoms with E-state index in [2.05, 4.69) is 5.32 Å². The van der Waals surface area contributed by atoms with E-state index >= 15 is 0 Å². The normalized spacial score (nSPS) is 27.6. The lowest BCUT2D eigenvalue weighted by Crippen LogP contribution is -2.44. The Bertz CT molecular complexity index is 742. The Morgan fingerprint density at radius 2 is 1.85 bits per heavy atom. The average Bonchev–Trinajstić information content (AvgIpc) is 3.15. The number of likely N-dealkylation sites (tertiary alicyclic amines) is 1. The maximum atomic E-state index is 12.8. The van der Waals surface area contributed by atoms with E-state index in [1.807, 2.05) is 30.3 Å². The summed E-state index contributed by atoms with van der Waals surface area (Å²) in [6.07, 6.45) is 0.141. The zero-order valence-corrected chi connectivity index (χ0v) is 16.2. The van der Waals surface area contributed by atoms with E-state index in [0.717, 1.165) is 5.56 Å². The summed E-state index contributed by atoms with van der Waals surface area (Å²) in [6, 6.07) is 8.71. The first-order chi connectivity index (χ1) is 12.6. The molecule has 0 saturated carbocycles. The summed E-state index contributed by atoms with van der Waals surface area (Å²) in [7, 11) is 1.28. The number of rotatable bonds is 2. The van der Waals surface area contributed by atoms with Gasteiger partial charge in [-0.15, -0.1) is 0 Å². The molecular weight excluding hydrogens is 348 g/mol. The van der Waals surface area contributed by atoms with E-state index in [-0.39, 0.29) is 24.9 Å². The molecule has 2 fully saturated rings. The molecule has 3 atom stereocenters. The van der Waals surface area contributed by atoms with Crippen LogP contribution in [0.15, 0.2) is 30.3 Å². The summed E-state index contributed by atoms with van der Waals surface area (Å²) >= 11 is 0. The third kappa shape index (κ3) is 3.77.